The van der Waals surface area contributed by atoms with Crippen molar-refractivity contribution in [1.82, 2.24) is 0 Å². The van der Waals surface area contributed by atoms with Crippen LogP contribution >= 0.6 is 0 Å². The van der Waals surface area contributed by atoms with Gasteiger partial charge < -0.3 is 4.79 Å². The van der Waals surface area contributed by atoms with Crippen LogP contribution in [0.3, 0.4) is 0 Å². The third kappa shape index (κ3) is 1.19. The molecule has 2 saturated carbocycles. The molecule has 12 heavy (non-hydrogen) atoms. The summed E-state index contributed by atoms with van der Waals surface area (Å²) in [5.74, 6) is 0.713. The van der Waals surface area contributed by atoms with Gasteiger partial charge in [0, 0.05) is 5.41 Å². The monoisotopic (exact) mass is 166 g/mol. The Labute approximate surface area is 74.5 Å². The predicted molar refractivity (Wildman–Crippen MR) is 48.9 cm³/mol. The fourth-order valence-electron chi connectivity index (χ4n) is 2.69. The van der Waals surface area contributed by atoms with Crippen molar-refractivity contribution < 1.29 is 4.79 Å². The van der Waals surface area contributed by atoms with E-state index in [9.17, 15) is 4.79 Å². The third-order valence-corrected chi connectivity index (χ3v) is 3.84. The Morgan fingerprint density at radius 3 is 2.25 bits per heavy atom. The van der Waals surface area contributed by atoms with Gasteiger partial charge >= 0.3 is 0 Å². The lowest BCUT2D eigenvalue weighted by Gasteiger charge is -2.20. The fraction of sp³-hybridized carbons (Fsp3) is 0.909. The zero-order chi connectivity index (χ0) is 8.82. The molecule has 0 amide bonds. The molecule has 2 aliphatic rings. The van der Waals surface area contributed by atoms with E-state index in [1.54, 1.807) is 0 Å². The molecular weight excluding hydrogens is 148 g/mol. The highest BCUT2D eigenvalue weighted by Gasteiger charge is 2.52. The van der Waals surface area contributed by atoms with Crippen LogP contribution in [-0.4, -0.2) is 6.29 Å². The molecule has 0 aromatic heterocycles. The molecule has 1 unspecified atom stereocenters. The van der Waals surface area contributed by atoms with E-state index in [0.717, 1.165) is 12.8 Å². The summed E-state index contributed by atoms with van der Waals surface area (Å²) < 4.78 is 0. The van der Waals surface area contributed by atoms with Crippen molar-refractivity contribution in [2.75, 3.05) is 0 Å². The highest BCUT2D eigenvalue weighted by molar-refractivity contribution is 5.64. The second-order valence-corrected chi connectivity index (χ2v) is 5.45. The molecule has 0 bridgehead atoms. The molecule has 0 saturated heterocycles. The average molecular weight is 166 g/mol. The van der Waals surface area contributed by atoms with Gasteiger partial charge in [0.2, 0.25) is 0 Å². The quantitative estimate of drug-likeness (QED) is 0.576. The Bertz CT molecular complexity index is 201. The minimum absolute atomic E-state index is 0.147. The van der Waals surface area contributed by atoms with Gasteiger partial charge in [-0.25, -0.2) is 0 Å². The molecule has 0 aromatic rings. The van der Waals surface area contributed by atoms with E-state index in [1.165, 1.54) is 25.5 Å². The molecule has 0 radical (unpaired) electrons. The molecule has 2 fully saturated rings. The maximum absolute atomic E-state index is 10.9. The maximum atomic E-state index is 10.9. The molecule has 1 heteroatoms. The second kappa shape index (κ2) is 2.34. The van der Waals surface area contributed by atoms with Gasteiger partial charge in [-0.2, -0.15) is 0 Å². The largest absolute Gasteiger partial charge is 0.303 e. The molecule has 0 N–H and O–H groups in total. The van der Waals surface area contributed by atoms with Crippen molar-refractivity contribution in [1.29, 1.82) is 0 Å². The Morgan fingerprint density at radius 2 is 1.92 bits per heavy atom. The molecule has 0 aliphatic heterocycles. The Hall–Kier alpha value is -0.330. The summed E-state index contributed by atoms with van der Waals surface area (Å²) in [4.78, 5) is 10.9. The Morgan fingerprint density at radius 1 is 1.25 bits per heavy atom. The Balaban J connectivity index is 2.04. The predicted octanol–water partition coefficient (Wildman–Crippen LogP) is 2.79. The van der Waals surface area contributed by atoms with Crippen LogP contribution < -0.4 is 0 Å². The number of carbonyl (C=O) groups is 1. The highest BCUT2D eigenvalue weighted by Crippen LogP contribution is 2.59. The summed E-state index contributed by atoms with van der Waals surface area (Å²) in [6.45, 7) is 4.65. The van der Waals surface area contributed by atoms with Gasteiger partial charge in [0.1, 0.15) is 6.29 Å². The molecule has 1 atom stereocenters. The average Bonchev–Trinajstić information content (AvgIpc) is 2.72. The first kappa shape index (κ1) is 8.28. The lowest BCUT2D eigenvalue weighted by molar-refractivity contribution is -0.113. The zero-order valence-corrected chi connectivity index (χ0v) is 8.10. The van der Waals surface area contributed by atoms with Crippen LogP contribution in [0, 0.1) is 16.7 Å². The van der Waals surface area contributed by atoms with Crippen LogP contribution in [0.4, 0.5) is 0 Å². The summed E-state index contributed by atoms with van der Waals surface area (Å²) in [5, 5.41) is 0. The van der Waals surface area contributed by atoms with E-state index in [2.05, 4.69) is 13.8 Å². The van der Waals surface area contributed by atoms with E-state index in [-0.39, 0.29) is 5.41 Å². The molecule has 1 nitrogen and oxygen atoms in total. The van der Waals surface area contributed by atoms with Crippen molar-refractivity contribution in [2.24, 2.45) is 16.7 Å². The lowest BCUT2D eigenvalue weighted by Crippen LogP contribution is -2.16. The van der Waals surface area contributed by atoms with Gasteiger partial charge in [0.05, 0.1) is 0 Å². The van der Waals surface area contributed by atoms with E-state index < -0.39 is 0 Å². The van der Waals surface area contributed by atoms with Gasteiger partial charge in [0.15, 0.2) is 0 Å². The van der Waals surface area contributed by atoms with E-state index >= 15 is 0 Å². The Kier molecular flexibility index (Phi) is 1.61. The van der Waals surface area contributed by atoms with Crippen molar-refractivity contribution in [3.05, 3.63) is 0 Å². The number of hydrogen-bond donors (Lipinski definition) is 0. The summed E-state index contributed by atoms with van der Waals surface area (Å²) in [6, 6.07) is 0. The summed E-state index contributed by atoms with van der Waals surface area (Å²) in [7, 11) is 0. The number of hydrogen-bond acceptors (Lipinski definition) is 1. The highest BCUT2D eigenvalue weighted by atomic mass is 16.1. The molecule has 0 aromatic carbocycles. The first-order valence-corrected chi connectivity index (χ1v) is 5.04. The first-order chi connectivity index (χ1) is 5.58. The first-order valence-electron chi connectivity index (χ1n) is 5.04. The maximum Gasteiger partial charge on any atom is 0.126 e. The topological polar surface area (TPSA) is 17.1 Å². The normalized spacial score (nSPS) is 36.3. The third-order valence-electron chi connectivity index (χ3n) is 3.84. The smallest absolute Gasteiger partial charge is 0.126 e. The van der Waals surface area contributed by atoms with E-state index in [1.807, 2.05) is 0 Å². The summed E-state index contributed by atoms with van der Waals surface area (Å²) in [6.07, 6.45) is 7.43. The van der Waals surface area contributed by atoms with E-state index in [0.29, 0.717) is 11.3 Å². The van der Waals surface area contributed by atoms with Gasteiger partial charge in [-0.05, 0) is 43.4 Å². The molecule has 0 spiro atoms. The molecule has 68 valence electrons. The number of aldehydes is 1. The van der Waals surface area contributed by atoms with Crippen LogP contribution in [-0.2, 0) is 4.79 Å². The van der Waals surface area contributed by atoms with Crippen molar-refractivity contribution in [3.63, 3.8) is 0 Å². The van der Waals surface area contributed by atoms with Crippen LogP contribution in [0.25, 0.3) is 0 Å². The lowest BCUT2D eigenvalue weighted by atomic mass is 9.84. The summed E-state index contributed by atoms with van der Waals surface area (Å²) in [5.41, 5.74) is 0.650. The minimum Gasteiger partial charge on any atom is -0.303 e. The van der Waals surface area contributed by atoms with Crippen LogP contribution in [0.15, 0.2) is 0 Å². The molecular formula is C11H18O. The van der Waals surface area contributed by atoms with Gasteiger partial charge in [0.25, 0.3) is 0 Å². The standard InChI is InChI=1S/C11H18O/c1-10(2)4-3-9(7-10)11(8-12)5-6-11/h8-9H,3-7H2,1-2H3. The molecule has 2 rings (SSSR count). The van der Waals surface area contributed by atoms with Crippen LogP contribution in [0.1, 0.15) is 46.0 Å². The number of carbonyl (C=O) groups excluding carboxylic acids is 1. The van der Waals surface area contributed by atoms with Crippen molar-refractivity contribution in [3.8, 4) is 0 Å². The van der Waals surface area contributed by atoms with Gasteiger partial charge in [-0.3, -0.25) is 0 Å². The van der Waals surface area contributed by atoms with Crippen LogP contribution in [0.2, 0.25) is 0 Å². The molecule has 0 heterocycles. The number of rotatable bonds is 2. The SMILES string of the molecule is CC1(C)CCC(C2(C=O)CC2)C1. The van der Waals surface area contributed by atoms with Crippen molar-refractivity contribution in [2.45, 2.75) is 46.0 Å². The minimum atomic E-state index is 0.147. The zero-order valence-electron chi connectivity index (χ0n) is 8.10. The van der Waals surface area contributed by atoms with Crippen molar-refractivity contribution >= 4 is 6.29 Å². The van der Waals surface area contributed by atoms with E-state index in [4.69, 9.17) is 0 Å². The van der Waals surface area contributed by atoms with Gasteiger partial charge in [-0.15, -0.1) is 0 Å². The summed E-state index contributed by atoms with van der Waals surface area (Å²) >= 11 is 0. The second-order valence-electron chi connectivity index (χ2n) is 5.45. The molecule has 2 aliphatic carbocycles. The van der Waals surface area contributed by atoms with Gasteiger partial charge in [-0.1, -0.05) is 13.8 Å². The van der Waals surface area contributed by atoms with Crippen LogP contribution in [0.5, 0.6) is 0 Å². The fourth-order valence-corrected chi connectivity index (χ4v) is 2.69.